The van der Waals surface area contributed by atoms with Gasteiger partial charge < -0.3 is 9.64 Å². The molecule has 2 aromatic carbocycles. The number of nitrogens with zero attached hydrogens (tertiary/aromatic N) is 1. The van der Waals surface area contributed by atoms with E-state index >= 15 is 0 Å². The van der Waals surface area contributed by atoms with E-state index < -0.39 is 11.6 Å². The highest BCUT2D eigenvalue weighted by Gasteiger charge is 2.15. The summed E-state index contributed by atoms with van der Waals surface area (Å²) < 4.78 is 32.0. The lowest BCUT2D eigenvalue weighted by Crippen LogP contribution is -2.30. The van der Waals surface area contributed by atoms with Crippen molar-refractivity contribution in [1.29, 1.82) is 0 Å². The molecular weight excluding hydrogens is 324 g/mol. The summed E-state index contributed by atoms with van der Waals surface area (Å²) in [6.45, 7) is 4.75. The van der Waals surface area contributed by atoms with Crippen molar-refractivity contribution in [3.63, 3.8) is 0 Å². The Bertz CT molecular complexity index is 719. The summed E-state index contributed by atoms with van der Waals surface area (Å²) in [7, 11) is 0. The molecule has 0 aliphatic rings. The summed E-state index contributed by atoms with van der Waals surface area (Å²) in [6, 6.07) is 11.3. The van der Waals surface area contributed by atoms with Crippen molar-refractivity contribution < 1.29 is 18.3 Å². The van der Waals surface area contributed by atoms with Gasteiger partial charge in [-0.2, -0.15) is 0 Å². The molecule has 0 aliphatic heterocycles. The molecule has 0 radical (unpaired) electrons. The fourth-order valence-electron chi connectivity index (χ4n) is 2.56. The van der Waals surface area contributed by atoms with Crippen molar-refractivity contribution in [2.45, 2.75) is 33.1 Å². The van der Waals surface area contributed by atoms with Crippen molar-refractivity contribution >= 4 is 11.6 Å². The van der Waals surface area contributed by atoms with E-state index in [-0.39, 0.29) is 5.91 Å². The lowest BCUT2D eigenvalue weighted by Gasteiger charge is -2.21. The number of hydrogen-bond donors (Lipinski definition) is 0. The van der Waals surface area contributed by atoms with Crippen molar-refractivity contribution in [2.75, 3.05) is 18.1 Å². The van der Waals surface area contributed by atoms with Gasteiger partial charge in [0.1, 0.15) is 5.75 Å². The number of unbranched alkanes of at least 4 members (excludes halogenated alkanes) is 1. The third-order valence-electron chi connectivity index (χ3n) is 3.88. The number of hydrogen-bond acceptors (Lipinski definition) is 2. The molecule has 3 nitrogen and oxygen atoms in total. The van der Waals surface area contributed by atoms with Crippen LogP contribution in [0.15, 0.2) is 42.5 Å². The Morgan fingerprint density at radius 3 is 2.56 bits per heavy atom. The Morgan fingerprint density at radius 1 is 1.08 bits per heavy atom. The second-order valence-corrected chi connectivity index (χ2v) is 5.86. The van der Waals surface area contributed by atoms with Gasteiger partial charge in [0.05, 0.1) is 6.61 Å². The minimum absolute atomic E-state index is 0.107. The van der Waals surface area contributed by atoms with Crippen LogP contribution in [-0.2, 0) is 4.79 Å². The predicted octanol–water partition coefficient (Wildman–Crippen LogP) is 4.88. The standard InChI is InChI=1S/C20H23F2NO2/c1-3-23(16-10-11-18(21)19(22)14-16)20(24)9-4-5-12-25-17-8-6-7-15(2)13-17/h6-8,10-11,13-14H,3-5,9,12H2,1-2H3. The first-order valence-corrected chi connectivity index (χ1v) is 8.46. The molecule has 0 aromatic heterocycles. The summed E-state index contributed by atoms with van der Waals surface area (Å²) in [5, 5.41) is 0. The Hall–Kier alpha value is -2.43. The van der Waals surface area contributed by atoms with E-state index in [9.17, 15) is 13.6 Å². The molecule has 0 fully saturated rings. The van der Waals surface area contributed by atoms with Crippen LogP contribution in [-0.4, -0.2) is 19.1 Å². The highest BCUT2D eigenvalue weighted by molar-refractivity contribution is 5.93. The Kier molecular flexibility index (Phi) is 6.92. The van der Waals surface area contributed by atoms with Crippen LogP contribution in [0.25, 0.3) is 0 Å². The minimum Gasteiger partial charge on any atom is -0.494 e. The molecule has 1 amide bonds. The molecule has 2 aromatic rings. The summed E-state index contributed by atoms with van der Waals surface area (Å²) >= 11 is 0. The Morgan fingerprint density at radius 2 is 1.88 bits per heavy atom. The zero-order valence-electron chi connectivity index (χ0n) is 14.6. The van der Waals surface area contributed by atoms with E-state index in [1.807, 2.05) is 31.2 Å². The topological polar surface area (TPSA) is 29.5 Å². The number of ether oxygens (including phenoxy) is 1. The molecule has 0 atom stereocenters. The number of aryl methyl sites for hydroxylation is 1. The minimum atomic E-state index is -0.949. The van der Waals surface area contributed by atoms with Crippen molar-refractivity contribution in [1.82, 2.24) is 0 Å². The fraction of sp³-hybridized carbons (Fsp3) is 0.350. The van der Waals surface area contributed by atoms with E-state index in [2.05, 4.69) is 0 Å². The quantitative estimate of drug-likeness (QED) is 0.637. The van der Waals surface area contributed by atoms with Gasteiger partial charge in [0.2, 0.25) is 5.91 Å². The number of rotatable bonds is 8. The highest BCUT2D eigenvalue weighted by atomic mass is 19.2. The molecule has 0 aliphatic carbocycles. The average molecular weight is 347 g/mol. The predicted molar refractivity (Wildman–Crippen MR) is 94.9 cm³/mol. The monoisotopic (exact) mass is 347 g/mol. The van der Waals surface area contributed by atoms with Gasteiger partial charge in [-0.15, -0.1) is 0 Å². The van der Waals surface area contributed by atoms with Crippen LogP contribution in [0.1, 0.15) is 31.7 Å². The summed E-state index contributed by atoms with van der Waals surface area (Å²) in [4.78, 5) is 13.8. The fourth-order valence-corrected chi connectivity index (χ4v) is 2.56. The molecule has 0 spiro atoms. The smallest absolute Gasteiger partial charge is 0.226 e. The molecule has 25 heavy (non-hydrogen) atoms. The first kappa shape index (κ1) is 18.9. The molecule has 2 rings (SSSR count). The van der Waals surface area contributed by atoms with E-state index in [0.29, 0.717) is 31.7 Å². The zero-order chi connectivity index (χ0) is 18.2. The van der Waals surface area contributed by atoms with Crippen LogP contribution in [0, 0.1) is 18.6 Å². The van der Waals surface area contributed by atoms with Crippen molar-refractivity contribution in [2.24, 2.45) is 0 Å². The molecule has 0 heterocycles. The number of carbonyl (C=O) groups excluding carboxylic acids is 1. The number of carbonyl (C=O) groups is 1. The number of halogens is 2. The largest absolute Gasteiger partial charge is 0.494 e. The van der Waals surface area contributed by atoms with Crippen LogP contribution in [0.3, 0.4) is 0 Å². The SMILES string of the molecule is CCN(C(=O)CCCCOc1cccc(C)c1)c1ccc(F)c(F)c1. The van der Waals surface area contributed by atoms with Gasteiger partial charge in [-0.05, 0) is 56.5 Å². The molecule has 0 saturated heterocycles. The summed E-state index contributed by atoms with van der Waals surface area (Å²) in [6.07, 6.45) is 1.75. The third-order valence-corrected chi connectivity index (χ3v) is 3.88. The third kappa shape index (κ3) is 5.55. The first-order valence-electron chi connectivity index (χ1n) is 8.46. The summed E-state index contributed by atoms with van der Waals surface area (Å²) in [5.74, 6) is -1.15. The van der Waals surface area contributed by atoms with Gasteiger partial charge >= 0.3 is 0 Å². The van der Waals surface area contributed by atoms with Gasteiger partial charge in [0, 0.05) is 24.7 Å². The van der Waals surface area contributed by atoms with E-state index in [1.165, 1.54) is 11.0 Å². The van der Waals surface area contributed by atoms with Crippen molar-refractivity contribution in [3.05, 3.63) is 59.7 Å². The molecule has 5 heteroatoms. The number of amides is 1. The van der Waals surface area contributed by atoms with Gasteiger partial charge in [0.15, 0.2) is 11.6 Å². The normalized spacial score (nSPS) is 10.6. The molecular formula is C20H23F2NO2. The van der Waals surface area contributed by atoms with Gasteiger partial charge in [-0.1, -0.05) is 12.1 Å². The lowest BCUT2D eigenvalue weighted by molar-refractivity contribution is -0.118. The summed E-state index contributed by atoms with van der Waals surface area (Å²) in [5.41, 5.74) is 1.51. The van der Waals surface area contributed by atoms with Gasteiger partial charge in [-0.3, -0.25) is 4.79 Å². The van der Waals surface area contributed by atoms with Crippen LogP contribution in [0.2, 0.25) is 0 Å². The molecule has 0 N–H and O–H groups in total. The maximum Gasteiger partial charge on any atom is 0.226 e. The second-order valence-electron chi connectivity index (χ2n) is 5.86. The van der Waals surface area contributed by atoms with Crippen molar-refractivity contribution in [3.8, 4) is 5.75 Å². The van der Waals surface area contributed by atoms with Gasteiger partial charge in [-0.25, -0.2) is 8.78 Å². The van der Waals surface area contributed by atoms with Crippen LogP contribution in [0.5, 0.6) is 5.75 Å². The number of anilines is 1. The average Bonchev–Trinajstić information content (AvgIpc) is 2.58. The highest BCUT2D eigenvalue weighted by Crippen LogP contribution is 2.19. The molecule has 134 valence electrons. The lowest BCUT2D eigenvalue weighted by atomic mass is 10.2. The first-order chi connectivity index (χ1) is 12.0. The molecule has 0 saturated carbocycles. The van der Waals surface area contributed by atoms with E-state index in [1.54, 1.807) is 6.92 Å². The maximum atomic E-state index is 13.4. The molecule has 0 bridgehead atoms. The van der Waals surface area contributed by atoms with Gasteiger partial charge in [0.25, 0.3) is 0 Å². The van der Waals surface area contributed by atoms with Crippen LogP contribution >= 0.6 is 0 Å². The van der Waals surface area contributed by atoms with Crippen LogP contribution in [0.4, 0.5) is 14.5 Å². The van der Waals surface area contributed by atoms with E-state index in [0.717, 1.165) is 29.9 Å². The molecule has 0 unspecified atom stereocenters. The maximum absolute atomic E-state index is 13.4. The second kappa shape index (κ2) is 9.16. The Labute approximate surface area is 147 Å². The number of benzene rings is 2. The van der Waals surface area contributed by atoms with E-state index in [4.69, 9.17) is 4.74 Å². The Balaban J connectivity index is 1.79. The van der Waals surface area contributed by atoms with Crippen LogP contribution < -0.4 is 9.64 Å². The zero-order valence-corrected chi connectivity index (χ0v) is 14.6.